The summed E-state index contributed by atoms with van der Waals surface area (Å²) < 4.78 is 1.72. The molecule has 15 heavy (non-hydrogen) atoms. The first-order chi connectivity index (χ1) is 7.19. The van der Waals surface area contributed by atoms with Crippen LogP contribution in [0.3, 0.4) is 0 Å². The number of fused-ring (bicyclic) bond motifs is 1. The zero-order valence-corrected chi connectivity index (χ0v) is 8.53. The van der Waals surface area contributed by atoms with Gasteiger partial charge in [-0.15, -0.1) is 0 Å². The van der Waals surface area contributed by atoms with Crippen molar-refractivity contribution in [3.8, 4) is 6.07 Å². The summed E-state index contributed by atoms with van der Waals surface area (Å²) >= 11 is 0. The number of H-pyrrole nitrogens is 1. The van der Waals surface area contributed by atoms with E-state index in [1.165, 1.54) is 6.20 Å². The fourth-order valence-corrected chi connectivity index (χ4v) is 1.65. The third kappa shape index (κ3) is 1.22. The molecule has 0 bridgehead atoms. The van der Waals surface area contributed by atoms with Crippen molar-refractivity contribution >= 4 is 11.0 Å². The predicted octanol–water partition coefficient (Wildman–Crippen LogP) is 0.925. The van der Waals surface area contributed by atoms with E-state index >= 15 is 0 Å². The third-order valence-electron chi connectivity index (χ3n) is 2.37. The Balaban J connectivity index is 2.96. The van der Waals surface area contributed by atoms with Crippen LogP contribution >= 0.6 is 0 Å². The fourth-order valence-electron chi connectivity index (χ4n) is 1.65. The standard InChI is InChI=1S/C10H10N4O/c1-3-14-10-8(6(2)13-14)9(15)7(4-11)5-12-10/h5H,3H2,1-2H3,(H,12,15). The Morgan fingerprint density at radius 1 is 1.67 bits per heavy atom. The van der Waals surface area contributed by atoms with Crippen LogP contribution in [0.25, 0.3) is 11.0 Å². The maximum Gasteiger partial charge on any atom is 0.210 e. The average molecular weight is 202 g/mol. The van der Waals surface area contributed by atoms with E-state index in [9.17, 15) is 4.79 Å². The lowest BCUT2D eigenvalue weighted by Crippen LogP contribution is -2.08. The lowest BCUT2D eigenvalue weighted by Gasteiger charge is -1.97. The molecule has 0 unspecified atom stereocenters. The summed E-state index contributed by atoms with van der Waals surface area (Å²) in [6.07, 6.45) is 1.43. The normalized spacial score (nSPS) is 10.5. The number of pyridine rings is 1. The van der Waals surface area contributed by atoms with Gasteiger partial charge in [-0.3, -0.25) is 4.79 Å². The number of nitriles is 1. The van der Waals surface area contributed by atoms with Gasteiger partial charge in [-0.05, 0) is 13.8 Å². The van der Waals surface area contributed by atoms with Crippen LogP contribution in [0.2, 0.25) is 0 Å². The Bertz CT molecular complexity index is 615. The fraction of sp³-hybridized carbons (Fsp3) is 0.300. The molecule has 0 aliphatic carbocycles. The summed E-state index contributed by atoms with van der Waals surface area (Å²) in [5, 5.41) is 13.5. The van der Waals surface area contributed by atoms with Crippen molar-refractivity contribution in [3.05, 3.63) is 27.7 Å². The molecule has 5 heteroatoms. The highest BCUT2D eigenvalue weighted by Gasteiger charge is 2.12. The predicted molar refractivity (Wildman–Crippen MR) is 55.5 cm³/mol. The number of nitrogens with zero attached hydrogens (tertiary/aromatic N) is 3. The summed E-state index contributed by atoms with van der Waals surface area (Å²) in [4.78, 5) is 14.7. The lowest BCUT2D eigenvalue weighted by atomic mass is 10.2. The van der Waals surface area contributed by atoms with Crippen molar-refractivity contribution in [2.24, 2.45) is 0 Å². The molecule has 0 saturated carbocycles. The van der Waals surface area contributed by atoms with Gasteiger partial charge in [0.05, 0.1) is 11.1 Å². The number of aromatic amines is 1. The maximum atomic E-state index is 11.8. The van der Waals surface area contributed by atoms with Gasteiger partial charge in [0.2, 0.25) is 5.43 Å². The third-order valence-corrected chi connectivity index (χ3v) is 2.37. The molecule has 0 aromatic carbocycles. The molecule has 0 spiro atoms. The molecule has 2 heterocycles. The molecular formula is C10H10N4O. The SMILES string of the molecule is CCn1nc(C)c2c(=O)c(C#N)c[nH]c21. The second-order valence-electron chi connectivity index (χ2n) is 3.27. The van der Waals surface area contributed by atoms with Crippen LogP contribution < -0.4 is 5.43 Å². The summed E-state index contributed by atoms with van der Waals surface area (Å²) in [5.41, 5.74) is 1.22. The molecule has 76 valence electrons. The summed E-state index contributed by atoms with van der Waals surface area (Å²) in [6, 6.07) is 1.86. The first-order valence-corrected chi connectivity index (χ1v) is 4.68. The van der Waals surface area contributed by atoms with Gasteiger partial charge < -0.3 is 4.98 Å². The Morgan fingerprint density at radius 3 is 3.00 bits per heavy atom. The van der Waals surface area contributed by atoms with Crippen molar-refractivity contribution in [2.45, 2.75) is 20.4 Å². The first kappa shape index (κ1) is 9.46. The largest absolute Gasteiger partial charge is 0.345 e. The van der Waals surface area contributed by atoms with Gasteiger partial charge in [-0.25, -0.2) is 4.68 Å². The minimum absolute atomic E-state index is 0.126. The van der Waals surface area contributed by atoms with E-state index in [-0.39, 0.29) is 11.0 Å². The number of aromatic nitrogens is 3. The number of rotatable bonds is 1. The molecule has 2 aromatic rings. The quantitative estimate of drug-likeness (QED) is 0.747. The minimum Gasteiger partial charge on any atom is -0.345 e. The van der Waals surface area contributed by atoms with Crippen molar-refractivity contribution in [1.82, 2.24) is 14.8 Å². The van der Waals surface area contributed by atoms with E-state index in [2.05, 4.69) is 10.1 Å². The highest BCUT2D eigenvalue weighted by molar-refractivity contribution is 5.79. The number of hydrogen-bond acceptors (Lipinski definition) is 3. The van der Waals surface area contributed by atoms with Crippen molar-refractivity contribution in [2.75, 3.05) is 0 Å². The molecule has 0 fully saturated rings. The zero-order chi connectivity index (χ0) is 11.0. The van der Waals surface area contributed by atoms with E-state index in [1.807, 2.05) is 13.0 Å². The van der Waals surface area contributed by atoms with Crippen LogP contribution in [0.5, 0.6) is 0 Å². The summed E-state index contributed by atoms with van der Waals surface area (Å²) in [6.45, 7) is 4.40. The van der Waals surface area contributed by atoms with Gasteiger partial charge in [0, 0.05) is 12.7 Å². The average Bonchev–Trinajstić information content (AvgIpc) is 2.56. The lowest BCUT2D eigenvalue weighted by molar-refractivity contribution is 0.669. The molecule has 0 saturated heterocycles. The number of aryl methyl sites for hydroxylation is 2. The highest BCUT2D eigenvalue weighted by atomic mass is 16.1. The molecule has 1 N–H and O–H groups in total. The van der Waals surface area contributed by atoms with E-state index in [0.29, 0.717) is 23.3 Å². The van der Waals surface area contributed by atoms with Gasteiger partial charge in [0.25, 0.3) is 0 Å². The summed E-state index contributed by atoms with van der Waals surface area (Å²) in [7, 11) is 0. The van der Waals surface area contributed by atoms with Crippen LogP contribution in [-0.2, 0) is 6.54 Å². The molecule has 5 nitrogen and oxygen atoms in total. The molecule has 2 aromatic heterocycles. The van der Waals surface area contributed by atoms with Gasteiger partial charge in [-0.2, -0.15) is 10.4 Å². The van der Waals surface area contributed by atoms with Gasteiger partial charge in [0.15, 0.2) is 0 Å². The van der Waals surface area contributed by atoms with E-state index < -0.39 is 0 Å². The van der Waals surface area contributed by atoms with Crippen LogP contribution in [0.15, 0.2) is 11.0 Å². The molecule has 0 aliphatic rings. The van der Waals surface area contributed by atoms with Crippen LogP contribution in [0.1, 0.15) is 18.2 Å². The maximum absolute atomic E-state index is 11.8. The Morgan fingerprint density at radius 2 is 2.40 bits per heavy atom. The minimum atomic E-state index is -0.247. The van der Waals surface area contributed by atoms with Gasteiger partial charge in [0.1, 0.15) is 17.3 Å². The molecular weight excluding hydrogens is 192 g/mol. The monoisotopic (exact) mass is 202 g/mol. The molecule has 0 amide bonds. The van der Waals surface area contributed by atoms with Gasteiger partial charge >= 0.3 is 0 Å². The van der Waals surface area contributed by atoms with Crippen molar-refractivity contribution < 1.29 is 0 Å². The molecule has 2 rings (SSSR count). The molecule has 0 atom stereocenters. The Hall–Kier alpha value is -2.09. The van der Waals surface area contributed by atoms with Crippen LogP contribution in [-0.4, -0.2) is 14.8 Å². The van der Waals surface area contributed by atoms with E-state index in [4.69, 9.17) is 5.26 Å². The summed E-state index contributed by atoms with van der Waals surface area (Å²) in [5.74, 6) is 0. The van der Waals surface area contributed by atoms with E-state index in [1.54, 1.807) is 11.6 Å². The topological polar surface area (TPSA) is 74.5 Å². The second-order valence-corrected chi connectivity index (χ2v) is 3.27. The molecule has 0 aliphatic heterocycles. The number of hydrogen-bond donors (Lipinski definition) is 1. The van der Waals surface area contributed by atoms with Crippen molar-refractivity contribution in [3.63, 3.8) is 0 Å². The van der Waals surface area contributed by atoms with Crippen molar-refractivity contribution in [1.29, 1.82) is 5.26 Å². The second kappa shape index (κ2) is 3.24. The van der Waals surface area contributed by atoms with Crippen LogP contribution in [0.4, 0.5) is 0 Å². The highest BCUT2D eigenvalue weighted by Crippen LogP contribution is 2.11. The van der Waals surface area contributed by atoms with Gasteiger partial charge in [-0.1, -0.05) is 0 Å². The Kier molecular flexibility index (Phi) is 2.05. The smallest absolute Gasteiger partial charge is 0.210 e. The van der Waals surface area contributed by atoms with E-state index in [0.717, 1.165) is 0 Å². The molecule has 0 radical (unpaired) electrons. The zero-order valence-electron chi connectivity index (χ0n) is 8.53. The number of nitrogens with one attached hydrogen (secondary N) is 1. The van der Waals surface area contributed by atoms with Crippen LogP contribution in [0, 0.1) is 18.3 Å². The Labute approximate surface area is 86.0 Å². The first-order valence-electron chi connectivity index (χ1n) is 4.68.